The molecule has 5 nitrogen and oxygen atoms in total. The summed E-state index contributed by atoms with van der Waals surface area (Å²) >= 11 is 0. The topological polar surface area (TPSA) is 86.6 Å². The van der Waals surface area contributed by atoms with Gasteiger partial charge in [-0.1, -0.05) is 0 Å². The Morgan fingerprint density at radius 2 is 2.10 bits per heavy atom. The minimum atomic E-state index is -4.16. The molecule has 0 atom stereocenters. The first kappa shape index (κ1) is 9.62. The molecule has 0 aromatic carbocycles. The largest absolute Gasteiger partial charge is 0.356 e. The number of hydrogen-bond acceptors (Lipinski definition) is 2. The lowest BCUT2D eigenvalue weighted by Crippen LogP contribution is -2.25. The molecule has 0 radical (unpaired) electrons. The van der Waals surface area contributed by atoms with Crippen molar-refractivity contribution in [3.63, 3.8) is 0 Å². The molecule has 0 saturated carbocycles. The Kier molecular flexibility index (Phi) is 3.57. The minimum absolute atomic E-state index is 0.388. The summed E-state index contributed by atoms with van der Waals surface area (Å²) in [4.78, 5) is 27.0. The molecule has 0 aliphatic heterocycles. The fraction of sp³-hybridized carbons (Fsp3) is 0.750. The van der Waals surface area contributed by atoms with Crippen LogP contribution in [0.25, 0.3) is 0 Å². The summed E-state index contributed by atoms with van der Waals surface area (Å²) in [5.74, 6) is -0.615. The summed E-state index contributed by atoms with van der Waals surface area (Å²) in [5, 5.41) is 2.27. The number of rotatable bonds is 3. The highest BCUT2D eigenvalue weighted by Crippen LogP contribution is 2.33. The van der Waals surface area contributed by atoms with E-state index in [9.17, 15) is 9.36 Å². The molecule has 60 valence electrons. The fourth-order valence-corrected chi connectivity index (χ4v) is 0.926. The molecule has 0 saturated heterocycles. The van der Waals surface area contributed by atoms with Crippen molar-refractivity contribution in [2.24, 2.45) is 0 Å². The molecule has 0 bridgehead atoms. The molecule has 0 rings (SSSR count). The van der Waals surface area contributed by atoms with Crippen molar-refractivity contribution in [1.29, 1.82) is 0 Å². The standard InChI is InChI=1S/C4H10NO4P/c1-2-5-4(6)3-10(7,8)9/h2-3H2,1H3,(H,5,6)(H2,7,8,9). The van der Waals surface area contributed by atoms with Crippen LogP contribution in [0.1, 0.15) is 6.92 Å². The third kappa shape index (κ3) is 5.75. The van der Waals surface area contributed by atoms with Crippen LogP contribution in [-0.4, -0.2) is 28.4 Å². The van der Waals surface area contributed by atoms with Crippen LogP contribution in [0.2, 0.25) is 0 Å². The predicted octanol–water partition coefficient (Wildman–Crippen LogP) is -0.700. The van der Waals surface area contributed by atoms with E-state index in [4.69, 9.17) is 9.79 Å². The molecule has 0 aromatic rings. The summed E-state index contributed by atoms with van der Waals surface area (Å²) in [5.41, 5.74) is 0. The quantitative estimate of drug-likeness (QED) is 0.485. The smallest absolute Gasteiger partial charge is 0.334 e. The Hall–Kier alpha value is -0.380. The minimum Gasteiger partial charge on any atom is -0.356 e. The first-order chi connectivity index (χ1) is 4.45. The zero-order valence-corrected chi connectivity index (χ0v) is 6.47. The van der Waals surface area contributed by atoms with E-state index in [1.807, 2.05) is 0 Å². The average molecular weight is 167 g/mol. The highest BCUT2D eigenvalue weighted by Gasteiger charge is 2.17. The van der Waals surface area contributed by atoms with Gasteiger partial charge in [0.05, 0.1) is 0 Å². The molecule has 0 spiro atoms. The molecule has 0 aliphatic rings. The van der Waals surface area contributed by atoms with E-state index in [-0.39, 0.29) is 0 Å². The first-order valence-corrected chi connectivity index (χ1v) is 4.56. The van der Waals surface area contributed by atoms with Crippen molar-refractivity contribution in [2.45, 2.75) is 6.92 Å². The first-order valence-electron chi connectivity index (χ1n) is 2.77. The highest BCUT2D eigenvalue weighted by atomic mass is 31.2. The maximum Gasteiger partial charge on any atom is 0.334 e. The van der Waals surface area contributed by atoms with Gasteiger partial charge in [0.1, 0.15) is 6.16 Å². The van der Waals surface area contributed by atoms with Crippen LogP contribution in [0.5, 0.6) is 0 Å². The molecule has 0 fully saturated rings. The SMILES string of the molecule is CCNC(=O)CP(=O)(O)O. The number of carbonyl (C=O) groups excluding carboxylic acids is 1. The Morgan fingerprint density at radius 3 is 2.40 bits per heavy atom. The van der Waals surface area contributed by atoms with E-state index in [1.54, 1.807) is 6.92 Å². The summed E-state index contributed by atoms with van der Waals surface area (Å²) in [6.07, 6.45) is -0.721. The van der Waals surface area contributed by atoms with Crippen molar-refractivity contribution in [3.8, 4) is 0 Å². The van der Waals surface area contributed by atoms with E-state index in [2.05, 4.69) is 5.32 Å². The van der Waals surface area contributed by atoms with Crippen LogP contribution < -0.4 is 5.32 Å². The number of amides is 1. The second kappa shape index (κ2) is 3.71. The second-order valence-corrected chi connectivity index (χ2v) is 3.42. The lowest BCUT2D eigenvalue weighted by atomic mass is 10.6. The summed E-state index contributed by atoms with van der Waals surface area (Å²) in [7, 11) is -4.16. The van der Waals surface area contributed by atoms with E-state index in [1.165, 1.54) is 0 Å². The zero-order chi connectivity index (χ0) is 8.20. The van der Waals surface area contributed by atoms with Crippen molar-refractivity contribution < 1.29 is 19.1 Å². The Bertz CT molecular complexity index is 163. The molecule has 0 aliphatic carbocycles. The van der Waals surface area contributed by atoms with Gasteiger partial charge < -0.3 is 15.1 Å². The summed E-state index contributed by atoms with van der Waals surface area (Å²) in [6.45, 7) is 2.07. The van der Waals surface area contributed by atoms with Gasteiger partial charge in [-0.25, -0.2) is 0 Å². The summed E-state index contributed by atoms with van der Waals surface area (Å²) in [6, 6.07) is 0. The van der Waals surface area contributed by atoms with Gasteiger partial charge in [0, 0.05) is 6.54 Å². The maximum atomic E-state index is 10.5. The molecule has 3 N–H and O–H groups in total. The lowest BCUT2D eigenvalue weighted by Gasteiger charge is -2.02. The number of nitrogens with one attached hydrogen (secondary N) is 1. The zero-order valence-electron chi connectivity index (χ0n) is 5.57. The third-order valence-electron chi connectivity index (χ3n) is 0.724. The van der Waals surface area contributed by atoms with Crippen molar-refractivity contribution in [1.82, 2.24) is 5.32 Å². The Labute approximate surface area is 58.6 Å². The molecule has 0 unspecified atom stereocenters. The second-order valence-electron chi connectivity index (χ2n) is 1.78. The van der Waals surface area contributed by atoms with Gasteiger partial charge in [-0.2, -0.15) is 0 Å². The van der Waals surface area contributed by atoms with Gasteiger partial charge in [-0.15, -0.1) is 0 Å². The molecule has 10 heavy (non-hydrogen) atoms. The van der Waals surface area contributed by atoms with Crippen LogP contribution in [0.15, 0.2) is 0 Å². The van der Waals surface area contributed by atoms with Gasteiger partial charge in [-0.05, 0) is 6.92 Å². The van der Waals surface area contributed by atoms with Crippen LogP contribution >= 0.6 is 7.60 Å². The lowest BCUT2D eigenvalue weighted by molar-refractivity contribution is -0.118. The van der Waals surface area contributed by atoms with E-state index < -0.39 is 19.7 Å². The van der Waals surface area contributed by atoms with Gasteiger partial charge in [0.25, 0.3) is 0 Å². The molecule has 1 amide bonds. The summed E-state index contributed by atoms with van der Waals surface area (Å²) < 4.78 is 10.2. The number of hydrogen-bond donors (Lipinski definition) is 3. The van der Waals surface area contributed by atoms with E-state index in [0.717, 1.165) is 0 Å². The predicted molar refractivity (Wildman–Crippen MR) is 35.6 cm³/mol. The Morgan fingerprint density at radius 1 is 1.60 bits per heavy atom. The maximum absolute atomic E-state index is 10.5. The van der Waals surface area contributed by atoms with E-state index in [0.29, 0.717) is 6.54 Å². The molecular formula is C4H10NO4P. The Balaban J connectivity index is 3.70. The van der Waals surface area contributed by atoms with Crippen LogP contribution in [0.3, 0.4) is 0 Å². The van der Waals surface area contributed by atoms with Crippen molar-refractivity contribution in [2.75, 3.05) is 12.7 Å². The third-order valence-corrected chi connectivity index (χ3v) is 1.42. The van der Waals surface area contributed by atoms with Crippen LogP contribution in [0, 0.1) is 0 Å². The molecule has 0 heterocycles. The molecule has 6 heteroatoms. The van der Waals surface area contributed by atoms with Crippen molar-refractivity contribution >= 4 is 13.5 Å². The van der Waals surface area contributed by atoms with Crippen LogP contribution in [-0.2, 0) is 9.36 Å². The van der Waals surface area contributed by atoms with Gasteiger partial charge in [-0.3, -0.25) is 9.36 Å². The number of carbonyl (C=O) groups is 1. The van der Waals surface area contributed by atoms with Crippen LogP contribution in [0.4, 0.5) is 0 Å². The van der Waals surface area contributed by atoms with E-state index >= 15 is 0 Å². The monoisotopic (exact) mass is 167 g/mol. The van der Waals surface area contributed by atoms with Gasteiger partial charge >= 0.3 is 7.60 Å². The fourth-order valence-electron chi connectivity index (χ4n) is 0.440. The van der Waals surface area contributed by atoms with Gasteiger partial charge in [0.15, 0.2) is 0 Å². The highest BCUT2D eigenvalue weighted by molar-refractivity contribution is 7.52. The van der Waals surface area contributed by atoms with Gasteiger partial charge in [0.2, 0.25) is 5.91 Å². The molecule has 0 aromatic heterocycles. The van der Waals surface area contributed by atoms with Crippen molar-refractivity contribution in [3.05, 3.63) is 0 Å². The molecular weight excluding hydrogens is 157 g/mol. The average Bonchev–Trinajstić information content (AvgIpc) is 1.59. The normalized spacial score (nSPS) is 11.1.